The van der Waals surface area contributed by atoms with Gasteiger partial charge in [-0.2, -0.15) is 8.42 Å². The zero-order valence-corrected chi connectivity index (χ0v) is 24.8. The average molecular weight is 511 g/mol. The lowest BCUT2D eigenvalue weighted by molar-refractivity contribution is -0.128. The van der Waals surface area contributed by atoms with E-state index in [1.807, 2.05) is 13.8 Å². The van der Waals surface area contributed by atoms with Crippen molar-refractivity contribution in [2.24, 2.45) is 16.7 Å². The van der Waals surface area contributed by atoms with Crippen LogP contribution in [0.15, 0.2) is 17.0 Å². The highest BCUT2D eigenvalue weighted by Gasteiger charge is 2.65. The highest BCUT2D eigenvalue weighted by atomic mass is 32.2. The standard InChI is InChI=1S/C18H30S.C10H16O4S/c1-16(2,3)12-10-11-13(19)15(18(7,8)9)14(12)17(4,5)6;1-9(2)7-3-4-10(9,8(11)5-7)6-15(12,13)14/h10-11,19H,1-9H3;7H,3-6H2,1-2H3,(H,12,13,14). The first-order valence-corrected chi connectivity index (χ1v) is 14.4. The molecule has 6 heteroatoms. The SMILES string of the molecule is CC(C)(C)c1ccc(S)c(C(C)(C)C)c1C(C)(C)C.CC1(C)C2CCC1(CS(=O)(=O)O)C(=O)C2. The molecule has 2 atom stereocenters. The predicted octanol–water partition coefficient (Wildman–Crippen LogP) is 7.14. The smallest absolute Gasteiger partial charge is 0.265 e. The normalized spacial score (nSPS) is 24.7. The van der Waals surface area contributed by atoms with Crippen molar-refractivity contribution >= 4 is 28.5 Å². The fourth-order valence-electron chi connectivity index (χ4n) is 6.17. The molecule has 1 aromatic rings. The van der Waals surface area contributed by atoms with Crippen molar-refractivity contribution in [3.8, 4) is 0 Å². The third-order valence-corrected chi connectivity index (χ3v) is 9.29. The lowest BCUT2D eigenvalue weighted by Gasteiger charge is -2.37. The quantitative estimate of drug-likeness (QED) is 0.328. The van der Waals surface area contributed by atoms with Crippen LogP contribution in [0.5, 0.6) is 0 Å². The summed E-state index contributed by atoms with van der Waals surface area (Å²) in [6.07, 6.45) is 1.97. The molecule has 3 rings (SSSR count). The number of carbonyl (C=O) groups is 1. The molecule has 2 saturated carbocycles. The molecule has 1 aromatic carbocycles. The first-order chi connectivity index (χ1) is 14.9. The number of thiol groups is 1. The van der Waals surface area contributed by atoms with Gasteiger partial charge in [0.2, 0.25) is 0 Å². The molecule has 0 aromatic heterocycles. The van der Waals surface area contributed by atoms with Gasteiger partial charge in [0.25, 0.3) is 10.1 Å². The summed E-state index contributed by atoms with van der Waals surface area (Å²) in [5, 5.41) is 0. The minimum Gasteiger partial charge on any atom is -0.299 e. The van der Waals surface area contributed by atoms with Gasteiger partial charge in [0.05, 0.1) is 11.2 Å². The summed E-state index contributed by atoms with van der Waals surface area (Å²) in [4.78, 5) is 13.0. The number of benzene rings is 1. The van der Waals surface area contributed by atoms with E-state index in [-0.39, 0.29) is 33.4 Å². The number of rotatable bonds is 2. The second-order valence-corrected chi connectivity index (χ2v) is 16.0. The summed E-state index contributed by atoms with van der Waals surface area (Å²) in [7, 11) is -4.08. The molecular weight excluding hydrogens is 464 g/mol. The molecule has 2 fully saturated rings. The minimum absolute atomic E-state index is 0.0152. The fraction of sp³-hybridized carbons (Fsp3) is 0.750. The molecule has 2 bridgehead atoms. The Bertz CT molecular complexity index is 1050. The molecule has 2 aliphatic rings. The van der Waals surface area contributed by atoms with E-state index in [4.69, 9.17) is 17.2 Å². The number of Topliss-reactive ketones (excluding diaryl/α,β-unsaturated/α-hetero) is 1. The second kappa shape index (κ2) is 8.92. The zero-order valence-electron chi connectivity index (χ0n) is 23.1. The van der Waals surface area contributed by atoms with Gasteiger partial charge in [-0.05, 0) is 63.2 Å². The summed E-state index contributed by atoms with van der Waals surface area (Å²) < 4.78 is 31.0. The van der Waals surface area contributed by atoms with Crippen LogP contribution in [-0.4, -0.2) is 24.5 Å². The van der Waals surface area contributed by atoms with Gasteiger partial charge in [-0.15, -0.1) is 12.6 Å². The first-order valence-electron chi connectivity index (χ1n) is 12.3. The Balaban J connectivity index is 0.000000246. The van der Waals surface area contributed by atoms with E-state index in [1.165, 1.54) is 16.7 Å². The topological polar surface area (TPSA) is 71.4 Å². The van der Waals surface area contributed by atoms with E-state index in [9.17, 15) is 13.2 Å². The van der Waals surface area contributed by atoms with E-state index in [1.54, 1.807) is 0 Å². The van der Waals surface area contributed by atoms with Crippen LogP contribution in [0.3, 0.4) is 0 Å². The van der Waals surface area contributed by atoms with Crippen molar-refractivity contribution in [3.63, 3.8) is 0 Å². The summed E-state index contributed by atoms with van der Waals surface area (Å²) in [5.74, 6) is -0.101. The molecule has 0 aliphatic heterocycles. The largest absolute Gasteiger partial charge is 0.299 e. The Kier molecular flexibility index (Phi) is 7.71. The first kappa shape index (κ1) is 29.4. The molecule has 0 saturated heterocycles. The maximum absolute atomic E-state index is 11.9. The maximum atomic E-state index is 11.9. The van der Waals surface area contributed by atoms with Crippen LogP contribution < -0.4 is 0 Å². The van der Waals surface area contributed by atoms with Crippen LogP contribution >= 0.6 is 12.6 Å². The monoisotopic (exact) mass is 510 g/mol. The van der Waals surface area contributed by atoms with Gasteiger partial charge in [-0.1, -0.05) is 82.2 Å². The Morgan fingerprint density at radius 3 is 1.76 bits per heavy atom. The van der Waals surface area contributed by atoms with Crippen LogP contribution in [0.25, 0.3) is 0 Å². The third-order valence-electron chi connectivity index (χ3n) is 8.06. The van der Waals surface area contributed by atoms with E-state index in [0.717, 1.165) is 11.3 Å². The highest BCUT2D eigenvalue weighted by Crippen LogP contribution is 2.64. The molecule has 0 spiro atoms. The van der Waals surface area contributed by atoms with Crippen molar-refractivity contribution in [2.45, 2.75) is 117 Å². The molecule has 0 heterocycles. The molecule has 0 amide bonds. The van der Waals surface area contributed by atoms with E-state index >= 15 is 0 Å². The lowest BCUT2D eigenvalue weighted by Crippen LogP contribution is -2.42. The van der Waals surface area contributed by atoms with Crippen LogP contribution in [0, 0.1) is 16.7 Å². The Morgan fingerprint density at radius 1 is 0.941 bits per heavy atom. The van der Waals surface area contributed by atoms with Crippen molar-refractivity contribution in [1.29, 1.82) is 0 Å². The van der Waals surface area contributed by atoms with Gasteiger partial charge in [0.1, 0.15) is 5.78 Å². The van der Waals surface area contributed by atoms with Crippen molar-refractivity contribution < 1.29 is 17.8 Å². The second-order valence-electron chi connectivity index (χ2n) is 14.0. The van der Waals surface area contributed by atoms with Gasteiger partial charge in [-0.25, -0.2) is 0 Å². The molecule has 4 nitrogen and oxygen atoms in total. The number of fused-ring (bicyclic) bond motifs is 2. The van der Waals surface area contributed by atoms with Gasteiger partial charge in [-0.3, -0.25) is 9.35 Å². The summed E-state index contributed by atoms with van der Waals surface area (Å²) in [5.41, 5.74) is 3.60. The van der Waals surface area contributed by atoms with Crippen molar-refractivity contribution in [2.75, 3.05) is 5.75 Å². The molecule has 1 N–H and O–H groups in total. The van der Waals surface area contributed by atoms with Crippen LogP contribution in [0.1, 0.15) is 112 Å². The highest BCUT2D eigenvalue weighted by molar-refractivity contribution is 7.85. The van der Waals surface area contributed by atoms with Gasteiger partial charge in [0, 0.05) is 11.3 Å². The summed E-state index contributed by atoms with van der Waals surface area (Å²) >= 11 is 4.74. The van der Waals surface area contributed by atoms with Gasteiger partial charge in [0.15, 0.2) is 0 Å². The predicted molar refractivity (Wildman–Crippen MR) is 145 cm³/mol. The molecule has 0 radical (unpaired) electrons. The lowest BCUT2D eigenvalue weighted by atomic mass is 9.69. The van der Waals surface area contributed by atoms with Crippen molar-refractivity contribution in [1.82, 2.24) is 0 Å². The number of carbonyl (C=O) groups excluding carboxylic acids is 1. The average Bonchev–Trinajstić information content (AvgIpc) is 2.91. The maximum Gasteiger partial charge on any atom is 0.265 e. The number of hydrogen-bond acceptors (Lipinski definition) is 4. The molecule has 194 valence electrons. The molecule has 2 aliphatic carbocycles. The van der Waals surface area contributed by atoms with Crippen molar-refractivity contribution in [3.05, 3.63) is 28.8 Å². The Morgan fingerprint density at radius 2 is 1.44 bits per heavy atom. The third kappa shape index (κ3) is 5.59. The van der Waals surface area contributed by atoms with Crippen LogP contribution in [0.2, 0.25) is 0 Å². The van der Waals surface area contributed by atoms with E-state index in [0.29, 0.717) is 12.8 Å². The van der Waals surface area contributed by atoms with Crippen LogP contribution in [0.4, 0.5) is 0 Å². The minimum atomic E-state index is -4.08. The molecular formula is C28H46O4S2. The number of hydrogen-bond donors (Lipinski definition) is 2. The Labute approximate surface area is 213 Å². The van der Waals surface area contributed by atoms with E-state index in [2.05, 4.69) is 74.4 Å². The Hall–Kier alpha value is -0.850. The van der Waals surface area contributed by atoms with Crippen LogP contribution in [-0.2, 0) is 31.2 Å². The fourth-order valence-corrected chi connectivity index (χ4v) is 8.00. The van der Waals surface area contributed by atoms with E-state index < -0.39 is 21.3 Å². The molecule has 34 heavy (non-hydrogen) atoms. The molecule has 2 unspecified atom stereocenters. The zero-order chi connectivity index (χ0) is 26.7. The summed E-state index contributed by atoms with van der Waals surface area (Å²) in [6, 6.07) is 4.43. The number of ketones is 1. The van der Waals surface area contributed by atoms with Gasteiger partial charge >= 0.3 is 0 Å². The summed E-state index contributed by atoms with van der Waals surface area (Å²) in [6.45, 7) is 24.5. The van der Waals surface area contributed by atoms with Gasteiger partial charge < -0.3 is 0 Å².